The van der Waals surface area contributed by atoms with E-state index >= 15 is 0 Å². The molecule has 1 heteroatoms. The van der Waals surface area contributed by atoms with Crippen LogP contribution in [-0.2, 0) is 6.42 Å². The fourth-order valence-corrected chi connectivity index (χ4v) is 4.85. The number of aromatic nitrogens is 1. The topological polar surface area (TPSA) is 15.8 Å². The van der Waals surface area contributed by atoms with E-state index in [1.807, 2.05) is 0 Å². The SMILES string of the molecule is CCCCCCCC1(CCCCCCC)C=Cc2[nH]c3ccccc3c2C1. The summed E-state index contributed by atoms with van der Waals surface area (Å²) in [5, 5.41) is 1.44. The van der Waals surface area contributed by atoms with Crippen LogP contribution in [0.15, 0.2) is 30.3 Å². The number of hydrogen-bond acceptors (Lipinski definition) is 0. The van der Waals surface area contributed by atoms with Crippen molar-refractivity contribution in [3.63, 3.8) is 0 Å². The number of fused-ring (bicyclic) bond motifs is 3. The third-order valence-corrected chi connectivity index (χ3v) is 6.54. The summed E-state index contributed by atoms with van der Waals surface area (Å²) in [7, 11) is 0. The molecule has 1 aromatic heterocycles. The lowest BCUT2D eigenvalue weighted by atomic mass is 9.70. The van der Waals surface area contributed by atoms with Gasteiger partial charge >= 0.3 is 0 Å². The first-order chi connectivity index (χ1) is 13.3. The number of para-hydroxylation sites is 1. The van der Waals surface area contributed by atoms with Gasteiger partial charge in [0.25, 0.3) is 0 Å². The van der Waals surface area contributed by atoms with Crippen molar-refractivity contribution in [2.75, 3.05) is 0 Å². The van der Waals surface area contributed by atoms with E-state index in [4.69, 9.17) is 0 Å². The van der Waals surface area contributed by atoms with Crippen LogP contribution in [0.1, 0.15) is 102 Å². The normalized spacial score (nSPS) is 15.3. The van der Waals surface area contributed by atoms with Gasteiger partial charge in [-0.05, 0) is 42.4 Å². The van der Waals surface area contributed by atoms with Crippen LogP contribution in [0, 0.1) is 5.41 Å². The van der Waals surface area contributed by atoms with Gasteiger partial charge in [0.2, 0.25) is 0 Å². The largest absolute Gasteiger partial charge is 0.355 e. The van der Waals surface area contributed by atoms with Gasteiger partial charge in [0.1, 0.15) is 0 Å². The first-order valence-corrected chi connectivity index (χ1v) is 11.6. The van der Waals surface area contributed by atoms with Crippen LogP contribution in [0.3, 0.4) is 0 Å². The summed E-state index contributed by atoms with van der Waals surface area (Å²) < 4.78 is 0. The number of benzene rings is 1. The minimum atomic E-state index is 0.385. The third-order valence-electron chi connectivity index (χ3n) is 6.54. The van der Waals surface area contributed by atoms with E-state index in [1.165, 1.54) is 100 Å². The van der Waals surface area contributed by atoms with E-state index in [1.54, 1.807) is 5.56 Å². The van der Waals surface area contributed by atoms with Gasteiger partial charge in [-0.1, -0.05) is 102 Å². The van der Waals surface area contributed by atoms with Crippen molar-refractivity contribution in [3.8, 4) is 0 Å². The van der Waals surface area contributed by atoms with Crippen LogP contribution < -0.4 is 0 Å². The lowest BCUT2D eigenvalue weighted by Crippen LogP contribution is -2.24. The first kappa shape index (κ1) is 20.2. The highest BCUT2D eigenvalue weighted by Crippen LogP contribution is 2.43. The fraction of sp³-hybridized carbons (Fsp3) is 0.615. The highest BCUT2D eigenvalue weighted by atomic mass is 14.7. The number of H-pyrrole nitrogens is 1. The van der Waals surface area contributed by atoms with Crippen molar-refractivity contribution < 1.29 is 0 Å². The van der Waals surface area contributed by atoms with E-state index in [9.17, 15) is 0 Å². The molecule has 1 heterocycles. The van der Waals surface area contributed by atoms with Crippen molar-refractivity contribution in [2.45, 2.75) is 97.3 Å². The molecular formula is C26H39N. The number of allylic oxidation sites excluding steroid dienone is 1. The molecule has 0 bridgehead atoms. The Hall–Kier alpha value is -1.50. The van der Waals surface area contributed by atoms with Crippen molar-refractivity contribution in [3.05, 3.63) is 41.6 Å². The molecule has 3 rings (SSSR count). The van der Waals surface area contributed by atoms with Crippen molar-refractivity contribution in [2.24, 2.45) is 5.41 Å². The van der Waals surface area contributed by atoms with Gasteiger partial charge in [-0.25, -0.2) is 0 Å². The van der Waals surface area contributed by atoms with Crippen LogP contribution >= 0.6 is 0 Å². The van der Waals surface area contributed by atoms with E-state index in [2.05, 4.69) is 55.2 Å². The predicted molar refractivity (Wildman–Crippen MR) is 120 cm³/mol. The molecule has 0 saturated heterocycles. The molecule has 1 N–H and O–H groups in total. The van der Waals surface area contributed by atoms with Crippen LogP contribution in [-0.4, -0.2) is 4.98 Å². The molecule has 0 atom stereocenters. The number of hydrogen-bond donors (Lipinski definition) is 1. The quantitative estimate of drug-likeness (QED) is 0.363. The lowest BCUT2D eigenvalue weighted by Gasteiger charge is -2.34. The number of nitrogens with one attached hydrogen (secondary N) is 1. The molecule has 27 heavy (non-hydrogen) atoms. The zero-order chi connectivity index (χ0) is 19.0. The smallest absolute Gasteiger partial charge is 0.0461 e. The molecule has 1 aromatic carbocycles. The molecule has 0 spiro atoms. The Bertz CT molecular complexity index is 707. The monoisotopic (exact) mass is 365 g/mol. The Labute approximate surface area is 166 Å². The molecule has 2 aromatic rings. The van der Waals surface area contributed by atoms with E-state index in [-0.39, 0.29) is 0 Å². The van der Waals surface area contributed by atoms with Gasteiger partial charge in [0, 0.05) is 16.6 Å². The average Bonchev–Trinajstić information content (AvgIpc) is 3.05. The Morgan fingerprint density at radius 1 is 0.815 bits per heavy atom. The van der Waals surface area contributed by atoms with Crippen LogP contribution in [0.4, 0.5) is 0 Å². The zero-order valence-electron chi connectivity index (χ0n) is 17.7. The van der Waals surface area contributed by atoms with Gasteiger partial charge in [-0.3, -0.25) is 0 Å². The average molecular weight is 366 g/mol. The second-order valence-corrected chi connectivity index (χ2v) is 8.76. The van der Waals surface area contributed by atoms with Gasteiger partial charge in [0.15, 0.2) is 0 Å². The molecule has 0 amide bonds. The number of unbranched alkanes of at least 4 members (excludes halogenated alkanes) is 8. The standard InChI is InChI=1S/C26H39N/c1-3-5-7-9-13-18-26(19-14-10-8-6-4-2)20-17-25-23(21-26)22-15-11-12-16-24(22)27-25/h11-12,15-17,20,27H,3-10,13-14,18-19,21H2,1-2H3. The highest BCUT2D eigenvalue weighted by molar-refractivity contribution is 5.88. The molecule has 0 saturated carbocycles. The highest BCUT2D eigenvalue weighted by Gasteiger charge is 2.31. The summed E-state index contributed by atoms with van der Waals surface area (Å²) >= 11 is 0. The lowest BCUT2D eigenvalue weighted by molar-refractivity contribution is 0.293. The first-order valence-electron chi connectivity index (χ1n) is 11.6. The van der Waals surface area contributed by atoms with Gasteiger partial charge < -0.3 is 4.98 Å². The molecule has 0 fully saturated rings. The second kappa shape index (κ2) is 10.2. The molecule has 0 aliphatic heterocycles. The zero-order valence-corrected chi connectivity index (χ0v) is 17.7. The van der Waals surface area contributed by atoms with E-state index in [0.29, 0.717) is 5.41 Å². The third kappa shape index (κ3) is 5.27. The van der Waals surface area contributed by atoms with Crippen LogP contribution in [0.2, 0.25) is 0 Å². The molecule has 0 unspecified atom stereocenters. The van der Waals surface area contributed by atoms with Gasteiger partial charge in [-0.2, -0.15) is 0 Å². The summed E-state index contributed by atoms with van der Waals surface area (Å²) in [5.74, 6) is 0. The molecule has 1 aliphatic carbocycles. The maximum atomic E-state index is 3.63. The summed E-state index contributed by atoms with van der Waals surface area (Å²) in [6.07, 6.45) is 22.8. The molecule has 1 nitrogen and oxygen atoms in total. The van der Waals surface area contributed by atoms with Crippen LogP contribution in [0.5, 0.6) is 0 Å². The summed E-state index contributed by atoms with van der Waals surface area (Å²) in [6, 6.07) is 8.85. The molecular weight excluding hydrogens is 326 g/mol. The summed E-state index contributed by atoms with van der Waals surface area (Å²) in [4.78, 5) is 3.63. The maximum absolute atomic E-state index is 3.63. The Morgan fingerprint density at radius 3 is 2.11 bits per heavy atom. The van der Waals surface area contributed by atoms with Crippen molar-refractivity contribution in [1.29, 1.82) is 0 Å². The van der Waals surface area contributed by atoms with Crippen LogP contribution in [0.25, 0.3) is 17.0 Å². The Kier molecular flexibility index (Phi) is 7.61. The minimum absolute atomic E-state index is 0.385. The Morgan fingerprint density at radius 2 is 1.44 bits per heavy atom. The molecule has 1 aliphatic rings. The van der Waals surface area contributed by atoms with E-state index in [0.717, 1.165) is 0 Å². The van der Waals surface area contributed by atoms with Crippen molar-refractivity contribution >= 4 is 17.0 Å². The number of rotatable bonds is 12. The Balaban J connectivity index is 1.69. The second-order valence-electron chi connectivity index (χ2n) is 8.76. The molecule has 0 radical (unpaired) electrons. The predicted octanol–water partition coefficient (Wildman–Crippen LogP) is 8.44. The summed E-state index contributed by atoms with van der Waals surface area (Å²) in [6.45, 7) is 4.61. The molecule has 148 valence electrons. The minimum Gasteiger partial charge on any atom is -0.355 e. The van der Waals surface area contributed by atoms with E-state index < -0.39 is 0 Å². The number of aromatic amines is 1. The fourth-order valence-electron chi connectivity index (χ4n) is 4.85. The van der Waals surface area contributed by atoms with Gasteiger partial charge in [0.05, 0.1) is 0 Å². The maximum Gasteiger partial charge on any atom is 0.0461 e. The van der Waals surface area contributed by atoms with Gasteiger partial charge in [-0.15, -0.1) is 0 Å². The summed E-state index contributed by atoms with van der Waals surface area (Å²) in [5.41, 5.74) is 4.60. The van der Waals surface area contributed by atoms with Crippen molar-refractivity contribution in [1.82, 2.24) is 4.98 Å².